The van der Waals surface area contributed by atoms with Gasteiger partial charge in [0.2, 0.25) is 0 Å². The molecule has 0 radical (unpaired) electrons. The molecule has 1 aliphatic carbocycles. The summed E-state index contributed by atoms with van der Waals surface area (Å²) in [5.74, 6) is 0.189. The standard InChI is InChI=1S/C13H20ClN3O3S/c1-3-9(7-8-5-6-8)15-13(18)11-12(21(14,19)20)10(4-2)16-17-11/h8-9H,3-7H2,1-2H3,(H,15,18)(H,16,17). The van der Waals surface area contributed by atoms with Crippen molar-refractivity contribution in [1.29, 1.82) is 0 Å². The normalized spacial score (nSPS) is 16.7. The molecule has 1 aromatic rings. The molecule has 0 aromatic carbocycles. The fraction of sp³-hybridized carbons (Fsp3) is 0.692. The van der Waals surface area contributed by atoms with Crippen molar-refractivity contribution in [2.75, 3.05) is 0 Å². The second kappa shape index (κ2) is 6.36. The smallest absolute Gasteiger partial charge is 0.273 e. The summed E-state index contributed by atoms with van der Waals surface area (Å²) in [7, 11) is 1.42. The molecule has 0 spiro atoms. The van der Waals surface area contributed by atoms with Crippen LogP contribution >= 0.6 is 10.7 Å². The summed E-state index contributed by atoms with van der Waals surface area (Å²) in [6.45, 7) is 3.76. The van der Waals surface area contributed by atoms with Crippen LogP contribution in [0.5, 0.6) is 0 Å². The number of H-pyrrole nitrogens is 1. The number of halogens is 1. The molecule has 0 bridgehead atoms. The average molecular weight is 334 g/mol. The first-order valence-corrected chi connectivity index (χ1v) is 9.50. The van der Waals surface area contributed by atoms with Crippen molar-refractivity contribution in [3.8, 4) is 0 Å². The van der Waals surface area contributed by atoms with Crippen LogP contribution in [0.3, 0.4) is 0 Å². The quantitative estimate of drug-likeness (QED) is 0.748. The molecule has 6 nitrogen and oxygen atoms in total. The van der Waals surface area contributed by atoms with Crippen LogP contribution in [0, 0.1) is 5.92 Å². The Morgan fingerprint density at radius 3 is 2.62 bits per heavy atom. The first kappa shape index (κ1) is 16.3. The molecule has 1 unspecified atom stereocenters. The number of hydrogen-bond donors (Lipinski definition) is 2. The molecule has 118 valence electrons. The van der Waals surface area contributed by atoms with Gasteiger partial charge in [-0.2, -0.15) is 5.10 Å². The van der Waals surface area contributed by atoms with E-state index in [1.54, 1.807) is 6.92 Å². The van der Waals surface area contributed by atoms with E-state index in [0.717, 1.165) is 12.8 Å². The highest BCUT2D eigenvalue weighted by Crippen LogP contribution is 2.34. The highest BCUT2D eigenvalue weighted by atomic mass is 35.7. The number of carbonyl (C=O) groups excluding carboxylic acids is 1. The van der Waals surface area contributed by atoms with Crippen LogP contribution in [-0.4, -0.2) is 30.6 Å². The van der Waals surface area contributed by atoms with E-state index in [-0.39, 0.29) is 16.6 Å². The minimum atomic E-state index is -4.01. The van der Waals surface area contributed by atoms with Crippen molar-refractivity contribution in [3.63, 3.8) is 0 Å². The van der Waals surface area contributed by atoms with Crippen LogP contribution < -0.4 is 5.32 Å². The molecule has 1 saturated carbocycles. The molecule has 1 fully saturated rings. The lowest BCUT2D eigenvalue weighted by molar-refractivity contribution is 0.0924. The molecule has 1 amide bonds. The van der Waals surface area contributed by atoms with Crippen molar-refractivity contribution >= 4 is 25.6 Å². The maximum Gasteiger partial charge on any atom is 0.273 e. The Hall–Kier alpha value is -1.08. The lowest BCUT2D eigenvalue weighted by Crippen LogP contribution is -2.35. The first-order chi connectivity index (χ1) is 9.86. The number of aromatic nitrogens is 2. The van der Waals surface area contributed by atoms with Gasteiger partial charge in [-0.3, -0.25) is 9.89 Å². The van der Waals surface area contributed by atoms with E-state index in [4.69, 9.17) is 10.7 Å². The fourth-order valence-electron chi connectivity index (χ4n) is 2.36. The maximum atomic E-state index is 12.3. The van der Waals surface area contributed by atoms with Crippen molar-refractivity contribution in [2.24, 2.45) is 5.92 Å². The van der Waals surface area contributed by atoms with E-state index in [1.165, 1.54) is 12.8 Å². The molecule has 1 aliphatic rings. The van der Waals surface area contributed by atoms with Crippen LogP contribution in [0.1, 0.15) is 55.7 Å². The Morgan fingerprint density at radius 2 is 2.14 bits per heavy atom. The molecule has 1 heterocycles. The van der Waals surface area contributed by atoms with Crippen molar-refractivity contribution < 1.29 is 13.2 Å². The highest BCUT2D eigenvalue weighted by molar-refractivity contribution is 8.13. The van der Waals surface area contributed by atoms with E-state index in [9.17, 15) is 13.2 Å². The van der Waals surface area contributed by atoms with E-state index in [1.807, 2.05) is 6.92 Å². The van der Waals surface area contributed by atoms with Crippen LogP contribution in [0.25, 0.3) is 0 Å². The minimum absolute atomic E-state index is 0.0395. The van der Waals surface area contributed by atoms with Gasteiger partial charge >= 0.3 is 0 Å². The Kier molecular flexibility index (Phi) is 4.93. The fourth-order valence-corrected chi connectivity index (χ4v) is 3.71. The molecule has 8 heteroatoms. The van der Waals surface area contributed by atoms with Crippen LogP contribution in [-0.2, 0) is 15.5 Å². The summed E-state index contributed by atoms with van der Waals surface area (Å²) in [6.07, 6.45) is 4.54. The first-order valence-electron chi connectivity index (χ1n) is 7.19. The van der Waals surface area contributed by atoms with Gasteiger partial charge in [-0.15, -0.1) is 0 Å². The number of rotatable bonds is 7. The number of nitrogens with zero attached hydrogens (tertiary/aromatic N) is 1. The number of nitrogens with one attached hydrogen (secondary N) is 2. The number of aromatic amines is 1. The topological polar surface area (TPSA) is 91.9 Å². The van der Waals surface area contributed by atoms with Gasteiger partial charge in [0, 0.05) is 16.7 Å². The average Bonchev–Trinajstić information content (AvgIpc) is 3.10. The summed E-state index contributed by atoms with van der Waals surface area (Å²) in [5.41, 5.74) is 0.210. The predicted molar refractivity (Wildman–Crippen MR) is 79.9 cm³/mol. The zero-order valence-corrected chi connectivity index (χ0v) is 13.7. The Balaban J connectivity index is 2.20. The molecule has 1 atom stereocenters. The third-order valence-corrected chi connectivity index (χ3v) is 5.14. The molecule has 2 N–H and O–H groups in total. The summed E-state index contributed by atoms with van der Waals surface area (Å²) < 4.78 is 23.3. The van der Waals surface area contributed by atoms with E-state index >= 15 is 0 Å². The number of aryl methyl sites for hydroxylation is 1. The molecular weight excluding hydrogens is 314 g/mol. The number of amides is 1. The SMILES string of the molecule is CCc1[nH]nc(C(=O)NC(CC)CC2CC2)c1S(=O)(=O)Cl. The third-order valence-electron chi connectivity index (χ3n) is 3.75. The van der Waals surface area contributed by atoms with Gasteiger partial charge < -0.3 is 5.32 Å². The van der Waals surface area contributed by atoms with Crippen molar-refractivity contribution in [2.45, 2.75) is 56.9 Å². The lowest BCUT2D eigenvalue weighted by Gasteiger charge is -2.16. The van der Waals surface area contributed by atoms with Gasteiger partial charge in [0.25, 0.3) is 15.0 Å². The highest BCUT2D eigenvalue weighted by Gasteiger charge is 2.30. The Labute approximate surface area is 129 Å². The minimum Gasteiger partial charge on any atom is -0.348 e. The van der Waals surface area contributed by atoms with Gasteiger partial charge in [0.05, 0.1) is 5.69 Å². The molecule has 21 heavy (non-hydrogen) atoms. The second-order valence-corrected chi connectivity index (χ2v) is 7.93. The largest absolute Gasteiger partial charge is 0.348 e. The number of hydrogen-bond acceptors (Lipinski definition) is 4. The van der Waals surface area contributed by atoms with Gasteiger partial charge in [0.15, 0.2) is 5.69 Å². The summed E-state index contributed by atoms with van der Waals surface area (Å²) >= 11 is 0. The molecular formula is C13H20ClN3O3S. The van der Waals surface area contributed by atoms with Crippen LogP contribution in [0.15, 0.2) is 4.90 Å². The molecule has 2 rings (SSSR count). The van der Waals surface area contributed by atoms with Gasteiger partial charge in [0.1, 0.15) is 4.90 Å². The Bertz CT molecular complexity index is 623. The predicted octanol–water partition coefficient (Wildman–Crippen LogP) is 2.21. The Morgan fingerprint density at radius 1 is 1.48 bits per heavy atom. The summed E-state index contributed by atoms with van der Waals surface area (Å²) in [6, 6.07) is 0.0395. The van der Waals surface area contributed by atoms with Crippen molar-refractivity contribution in [3.05, 3.63) is 11.4 Å². The number of carbonyl (C=O) groups is 1. The second-order valence-electron chi connectivity index (χ2n) is 5.43. The van der Waals surface area contributed by atoms with Gasteiger partial charge in [-0.1, -0.05) is 26.7 Å². The monoisotopic (exact) mass is 333 g/mol. The van der Waals surface area contributed by atoms with E-state index in [0.29, 0.717) is 18.0 Å². The van der Waals surface area contributed by atoms with Crippen LogP contribution in [0.2, 0.25) is 0 Å². The summed E-state index contributed by atoms with van der Waals surface area (Å²) in [5, 5.41) is 9.28. The third kappa shape index (κ3) is 3.97. The van der Waals surface area contributed by atoms with Crippen LogP contribution in [0.4, 0.5) is 0 Å². The van der Waals surface area contributed by atoms with E-state index < -0.39 is 15.0 Å². The zero-order valence-electron chi connectivity index (χ0n) is 12.1. The molecule has 0 saturated heterocycles. The molecule has 1 aromatic heterocycles. The van der Waals surface area contributed by atoms with E-state index in [2.05, 4.69) is 15.5 Å². The zero-order chi connectivity index (χ0) is 15.6. The maximum absolute atomic E-state index is 12.3. The lowest BCUT2D eigenvalue weighted by atomic mass is 10.1. The van der Waals surface area contributed by atoms with Crippen molar-refractivity contribution in [1.82, 2.24) is 15.5 Å². The van der Waals surface area contributed by atoms with Gasteiger partial charge in [-0.25, -0.2) is 8.42 Å². The van der Waals surface area contributed by atoms with Gasteiger partial charge in [-0.05, 0) is 25.2 Å². The molecule has 0 aliphatic heterocycles. The summed E-state index contributed by atoms with van der Waals surface area (Å²) in [4.78, 5) is 12.1.